The smallest absolute Gasteiger partial charge is 0.323 e. The van der Waals surface area contributed by atoms with Crippen LogP contribution in [0.25, 0.3) is 0 Å². The molecule has 1 rings (SSSR count). The summed E-state index contributed by atoms with van der Waals surface area (Å²) in [7, 11) is 3.05. The molecular weight excluding hydrogens is 250 g/mol. The van der Waals surface area contributed by atoms with Gasteiger partial charge in [-0.2, -0.15) is 0 Å². The van der Waals surface area contributed by atoms with Gasteiger partial charge in [0.1, 0.15) is 6.04 Å². The molecule has 0 heterocycles. The summed E-state index contributed by atoms with van der Waals surface area (Å²) in [6, 6.07) is 4.31. The molecular formula is C13H19NO5. The molecule has 19 heavy (non-hydrogen) atoms. The largest absolute Gasteiger partial charge is 0.493 e. The fourth-order valence-corrected chi connectivity index (χ4v) is 1.78. The Kier molecular flexibility index (Phi) is 5.59. The van der Waals surface area contributed by atoms with E-state index in [4.69, 9.17) is 14.6 Å². The maximum atomic E-state index is 11.0. The third kappa shape index (κ3) is 3.84. The van der Waals surface area contributed by atoms with E-state index in [0.29, 0.717) is 11.5 Å². The lowest BCUT2D eigenvalue weighted by Crippen LogP contribution is -2.44. The molecule has 0 aromatic heterocycles. The summed E-state index contributed by atoms with van der Waals surface area (Å²) in [6.07, 6.45) is -0.992. The fourth-order valence-electron chi connectivity index (χ4n) is 1.78. The lowest BCUT2D eigenvalue weighted by Gasteiger charge is -2.18. The number of ether oxygens (including phenoxy) is 2. The van der Waals surface area contributed by atoms with Gasteiger partial charge in [0.15, 0.2) is 11.5 Å². The molecule has 0 aliphatic carbocycles. The van der Waals surface area contributed by atoms with Crippen LogP contribution in [0.1, 0.15) is 12.5 Å². The summed E-state index contributed by atoms with van der Waals surface area (Å²) in [6.45, 7) is 1.68. The third-order valence-corrected chi connectivity index (χ3v) is 2.75. The van der Waals surface area contributed by atoms with Crippen molar-refractivity contribution in [2.75, 3.05) is 14.2 Å². The number of aliphatic carboxylic acids is 1. The summed E-state index contributed by atoms with van der Waals surface area (Å²) in [5, 5.41) is 21.1. The zero-order valence-electron chi connectivity index (χ0n) is 11.2. The number of rotatable bonds is 7. The van der Waals surface area contributed by atoms with Crippen molar-refractivity contribution < 1.29 is 24.5 Å². The van der Waals surface area contributed by atoms with Crippen molar-refractivity contribution in [2.24, 2.45) is 0 Å². The lowest BCUT2D eigenvalue weighted by molar-refractivity contribution is -0.142. The summed E-state index contributed by atoms with van der Waals surface area (Å²) in [5.74, 6) is 0.0230. The third-order valence-electron chi connectivity index (χ3n) is 2.75. The molecule has 0 bridgehead atoms. The molecule has 0 radical (unpaired) electrons. The fraction of sp³-hybridized carbons (Fsp3) is 0.462. The molecule has 0 aliphatic heterocycles. The van der Waals surface area contributed by atoms with Crippen LogP contribution in [0.2, 0.25) is 0 Å². The van der Waals surface area contributed by atoms with Gasteiger partial charge in [0.05, 0.1) is 20.3 Å². The Bertz CT molecular complexity index is 433. The molecule has 0 saturated carbocycles. The first-order chi connectivity index (χ1) is 9.01. The Morgan fingerprint density at radius 3 is 2.53 bits per heavy atom. The Labute approximate surface area is 112 Å². The van der Waals surface area contributed by atoms with Crippen molar-refractivity contribution in [3.63, 3.8) is 0 Å². The van der Waals surface area contributed by atoms with Gasteiger partial charge in [0, 0.05) is 12.1 Å². The van der Waals surface area contributed by atoms with E-state index in [1.165, 1.54) is 21.1 Å². The molecule has 3 N–H and O–H groups in total. The van der Waals surface area contributed by atoms with Crippen molar-refractivity contribution in [2.45, 2.75) is 25.6 Å². The predicted octanol–water partition coefficient (Wildman–Crippen LogP) is 0.627. The maximum absolute atomic E-state index is 11.0. The number of benzene rings is 1. The minimum atomic E-state index is -1.10. The summed E-state index contributed by atoms with van der Waals surface area (Å²) in [5.41, 5.74) is 0.758. The van der Waals surface area contributed by atoms with Crippen LogP contribution in [0.4, 0.5) is 0 Å². The number of hydrogen-bond donors (Lipinski definition) is 3. The van der Waals surface area contributed by atoms with Crippen LogP contribution in [-0.4, -0.2) is 42.5 Å². The minimum absolute atomic E-state index is 0.252. The Morgan fingerprint density at radius 1 is 1.37 bits per heavy atom. The maximum Gasteiger partial charge on any atom is 0.323 e. The normalized spacial score (nSPS) is 13.7. The molecule has 6 nitrogen and oxygen atoms in total. The Hall–Kier alpha value is -1.79. The van der Waals surface area contributed by atoms with Crippen molar-refractivity contribution >= 4 is 5.97 Å². The first-order valence-corrected chi connectivity index (χ1v) is 5.85. The number of carbonyl (C=O) groups is 1. The zero-order chi connectivity index (χ0) is 14.4. The predicted molar refractivity (Wildman–Crippen MR) is 69.5 cm³/mol. The van der Waals surface area contributed by atoms with E-state index in [1.807, 2.05) is 0 Å². The van der Waals surface area contributed by atoms with Crippen molar-refractivity contribution in [3.05, 3.63) is 23.8 Å². The molecule has 0 saturated heterocycles. The van der Waals surface area contributed by atoms with Crippen LogP contribution in [0, 0.1) is 0 Å². The molecule has 2 atom stereocenters. The van der Waals surface area contributed by atoms with Gasteiger partial charge in [-0.05, 0) is 13.0 Å². The number of aliphatic hydroxyl groups is 1. The number of nitrogens with one attached hydrogen (secondary N) is 1. The van der Waals surface area contributed by atoms with Gasteiger partial charge in [-0.3, -0.25) is 10.1 Å². The van der Waals surface area contributed by atoms with E-state index in [2.05, 4.69) is 5.32 Å². The Morgan fingerprint density at radius 2 is 2.05 bits per heavy atom. The monoisotopic (exact) mass is 269 g/mol. The van der Waals surface area contributed by atoms with Crippen LogP contribution in [-0.2, 0) is 11.3 Å². The SMILES string of the molecule is COc1cccc(CNC(C(=O)O)C(C)O)c1OC. The van der Waals surface area contributed by atoms with Crippen molar-refractivity contribution in [1.82, 2.24) is 5.32 Å². The van der Waals surface area contributed by atoms with Crippen LogP contribution >= 0.6 is 0 Å². The van der Waals surface area contributed by atoms with Crippen LogP contribution < -0.4 is 14.8 Å². The van der Waals surface area contributed by atoms with Gasteiger partial charge in [-0.15, -0.1) is 0 Å². The number of carboxylic acid groups (broad SMARTS) is 1. The highest BCUT2D eigenvalue weighted by molar-refractivity contribution is 5.74. The number of carboxylic acids is 1. The second kappa shape index (κ2) is 6.96. The van der Waals surface area contributed by atoms with E-state index >= 15 is 0 Å². The highest BCUT2D eigenvalue weighted by Gasteiger charge is 2.22. The molecule has 106 valence electrons. The zero-order valence-corrected chi connectivity index (χ0v) is 11.2. The number of para-hydroxylation sites is 1. The average molecular weight is 269 g/mol. The van der Waals surface area contributed by atoms with E-state index in [0.717, 1.165) is 5.56 Å². The van der Waals surface area contributed by atoms with Gasteiger partial charge >= 0.3 is 5.97 Å². The molecule has 0 aliphatic rings. The summed E-state index contributed by atoms with van der Waals surface area (Å²) >= 11 is 0. The number of hydrogen-bond acceptors (Lipinski definition) is 5. The van der Waals surface area contributed by atoms with E-state index < -0.39 is 18.1 Å². The highest BCUT2D eigenvalue weighted by Crippen LogP contribution is 2.30. The summed E-state index contributed by atoms with van der Waals surface area (Å²) < 4.78 is 10.4. The van der Waals surface area contributed by atoms with Crippen molar-refractivity contribution in [1.29, 1.82) is 0 Å². The lowest BCUT2D eigenvalue weighted by atomic mass is 10.1. The standard InChI is InChI=1S/C13H19NO5/c1-8(15)11(13(16)17)14-7-9-5-4-6-10(18-2)12(9)19-3/h4-6,8,11,14-15H,7H2,1-3H3,(H,16,17). The van der Waals surface area contributed by atoms with Gasteiger partial charge < -0.3 is 19.7 Å². The van der Waals surface area contributed by atoms with Crippen LogP contribution in [0.15, 0.2) is 18.2 Å². The minimum Gasteiger partial charge on any atom is -0.493 e. The summed E-state index contributed by atoms with van der Waals surface area (Å²) in [4.78, 5) is 11.0. The number of methoxy groups -OCH3 is 2. The topological polar surface area (TPSA) is 88.0 Å². The van der Waals surface area contributed by atoms with E-state index in [9.17, 15) is 9.90 Å². The van der Waals surface area contributed by atoms with Crippen molar-refractivity contribution in [3.8, 4) is 11.5 Å². The molecule has 0 spiro atoms. The van der Waals surface area contributed by atoms with Gasteiger partial charge in [-0.1, -0.05) is 12.1 Å². The Balaban J connectivity index is 2.85. The highest BCUT2D eigenvalue weighted by atomic mass is 16.5. The first kappa shape index (κ1) is 15.3. The van der Waals surface area contributed by atoms with Gasteiger partial charge in [0.25, 0.3) is 0 Å². The van der Waals surface area contributed by atoms with Gasteiger partial charge in [0.2, 0.25) is 0 Å². The molecule has 1 aromatic carbocycles. The molecule has 2 unspecified atom stereocenters. The second-order valence-electron chi connectivity index (χ2n) is 4.09. The van der Waals surface area contributed by atoms with Gasteiger partial charge in [-0.25, -0.2) is 0 Å². The second-order valence-corrected chi connectivity index (χ2v) is 4.09. The molecule has 0 fully saturated rings. The van der Waals surface area contributed by atoms with E-state index in [1.54, 1.807) is 18.2 Å². The van der Waals surface area contributed by atoms with Crippen LogP contribution in [0.3, 0.4) is 0 Å². The van der Waals surface area contributed by atoms with Crippen LogP contribution in [0.5, 0.6) is 11.5 Å². The molecule has 0 amide bonds. The first-order valence-electron chi connectivity index (χ1n) is 5.85. The average Bonchev–Trinajstić information content (AvgIpc) is 2.37. The molecule has 6 heteroatoms. The number of aliphatic hydroxyl groups excluding tert-OH is 1. The molecule has 1 aromatic rings. The van der Waals surface area contributed by atoms with E-state index in [-0.39, 0.29) is 6.54 Å². The quantitative estimate of drug-likeness (QED) is 0.673.